The Morgan fingerprint density at radius 2 is 1.84 bits per heavy atom. The monoisotopic (exact) mass is 405 g/mol. The number of hydrogen-bond acceptors (Lipinski definition) is 1. The van der Waals surface area contributed by atoms with Gasteiger partial charge in [-0.2, -0.15) is 0 Å². The predicted molar refractivity (Wildman–Crippen MR) is 83.9 cm³/mol. The average molecular weight is 408 g/mol. The van der Waals surface area contributed by atoms with Gasteiger partial charge in [0.2, 0.25) is 0 Å². The summed E-state index contributed by atoms with van der Waals surface area (Å²) in [6, 6.07) is 9.84. The molecule has 100 valence electrons. The molecular formula is C14H11Br2ClFN. The lowest BCUT2D eigenvalue weighted by Crippen LogP contribution is -2.14. The Kier molecular flexibility index (Phi) is 5.01. The molecule has 19 heavy (non-hydrogen) atoms. The summed E-state index contributed by atoms with van der Waals surface area (Å²) in [6.07, 6.45) is 0.540. The summed E-state index contributed by atoms with van der Waals surface area (Å²) in [5.74, 6) is -0.263. The Morgan fingerprint density at radius 1 is 1.11 bits per heavy atom. The minimum absolute atomic E-state index is 0.232. The molecule has 5 heteroatoms. The summed E-state index contributed by atoms with van der Waals surface area (Å²) >= 11 is 12.8. The van der Waals surface area contributed by atoms with Crippen LogP contribution in [0.2, 0.25) is 5.02 Å². The van der Waals surface area contributed by atoms with Crippen LogP contribution in [-0.4, -0.2) is 0 Å². The molecule has 2 rings (SSSR count). The molecule has 0 aliphatic heterocycles. The van der Waals surface area contributed by atoms with Crippen molar-refractivity contribution in [2.45, 2.75) is 12.5 Å². The van der Waals surface area contributed by atoms with Crippen molar-refractivity contribution < 1.29 is 4.39 Å². The quantitative estimate of drug-likeness (QED) is 0.739. The van der Waals surface area contributed by atoms with Crippen LogP contribution >= 0.6 is 43.5 Å². The first kappa shape index (κ1) is 15.0. The molecule has 0 bridgehead atoms. The third kappa shape index (κ3) is 3.78. The van der Waals surface area contributed by atoms with Gasteiger partial charge in [0.05, 0.1) is 0 Å². The van der Waals surface area contributed by atoms with Gasteiger partial charge in [0.1, 0.15) is 5.82 Å². The highest BCUT2D eigenvalue weighted by Crippen LogP contribution is 2.29. The van der Waals surface area contributed by atoms with Crippen LogP contribution in [0.15, 0.2) is 45.3 Å². The van der Waals surface area contributed by atoms with E-state index in [1.807, 2.05) is 6.07 Å². The second-order valence-electron chi connectivity index (χ2n) is 4.21. The molecule has 1 unspecified atom stereocenters. The van der Waals surface area contributed by atoms with E-state index in [0.717, 1.165) is 20.1 Å². The van der Waals surface area contributed by atoms with Crippen molar-refractivity contribution >= 4 is 43.5 Å². The van der Waals surface area contributed by atoms with Crippen molar-refractivity contribution in [1.82, 2.24) is 0 Å². The van der Waals surface area contributed by atoms with Crippen molar-refractivity contribution in [1.29, 1.82) is 0 Å². The maximum absolute atomic E-state index is 13.2. The molecule has 0 saturated carbocycles. The zero-order chi connectivity index (χ0) is 14.0. The average Bonchev–Trinajstić information content (AvgIpc) is 2.33. The van der Waals surface area contributed by atoms with E-state index in [-0.39, 0.29) is 11.9 Å². The summed E-state index contributed by atoms with van der Waals surface area (Å²) in [6.45, 7) is 0. The van der Waals surface area contributed by atoms with Crippen LogP contribution in [0.25, 0.3) is 0 Å². The van der Waals surface area contributed by atoms with Crippen LogP contribution in [0.3, 0.4) is 0 Å². The molecule has 0 spiro atoms. The Hall–Kier alpha value is -0.420. The first-order valence-electron chi connectivity index (χ1n) is 5.62. The zero-order valence-corrected chi connectivity index (χ0v) is 13.8. The van der Waals surface area contributed by atoms with E-state index in [0.29, 0.717) is 11.4 Å². The van der Waals surface area contributed by atoms with Gasteiger partial charge >= 0.3 is 0 Å². The Morgan fingerprint density at radius 3 is 2.53 bits per heavy atom. The SMILES string of the molecule is NC(Cc1cc(F)ccc1Br)c1ccc(Cl)cc1Br. The van der Waals surface area contributed by atoms with E-state index in [1.54, 1.807) is 18.2 Å². The van der Waals surface area contributed by atoms with Gasteiger partial charge in [0.15, 0.2) is 0 Å². The molecule has 1 atom stereocenters. The van der Waals surface area contributed by atoms with Crippen LogP contribution in [0.5, 0.6) is 0 Å². The summed E-state index contributed by atoms with van der Waals surface area (Å²) in [4.78, 5) is 0. The molecule has 0 saturated heterocycles. The van der Waals surface area contributed by atoms with Crippen molar-refractivity contribution in [3.8, 4) is 0 Å². The molecule has 2 aromatic carbocycles. The van der Waals surface area contributed by atoms with Crippen molar-refractivity contribution in [2.24, 2.45) is 5.73 Å². The molecule has 2 N–H and O–H groups in total. The molecule has 0 radical (unpaired) electrons. The summed E-state index contributed by atoms with van der Waals surface area (Å²) in [5.41, 5.74) is 7.97. The van der Waals surface area contributed by atoms with Crippen LogP contribution in [0.4, 0.5) is 4.39 Å². The predicted octanol–water partition coefficient (Wildman–Crippen LogP) is 5.25. The first-order chi connectivity index (χ1) is 8.97. The van der Waals surface area contributed by atoms with Crippen LogP contribution in [0, 0.1) is 5.82 Å². The number of benzene rings is 2. The first-order valence-corrected chi connectivity index (χ1v) is 7.58. The van der Waals surface area contributed by atoms with Gasteiger partial charge in [-0.05, 0) is 47.9 Å². The molecule has 0 fully saturated rings. The lowest BCUT2D eigenvalue weighted by molar-refractivity contribution is 0.621. The lowest BCUT2D eigenvalue weighted by Gasteiger charge is -2.15. The van der Waals surface area contributed by atoms with Gasteiger partial charge in [-0.15, -0.1) is 0 Å². The fraction of sp³-hybridized carbons (Fsp3) is 0.143. The van der Waals surface area contributed by atoms with Crippen molar-refractivity contribution in [2.75, 3.05) is 0 Å². The minimum Gasteiger partial charge on any atom is -0.324 e. The van der Waals surface area contributed by atoms with Gasteiger partial charge in [-0.1, -0.05) is 49.5 Å². The number of halogens is 4. The second-order valence-corrected chi connectivity index (χ2v) is 6.36. The van der Waals surface area contributed by atoms with E-state index in [1.165, 1.54) is 12.1 Å². The molecule has 0 heterocycles. The Labute approximate surface area is 133 Å². The largest absolute Gasteiger partial charge is 0.324 e. The van der Waals surface area contributed by atoms with Crippen LogP contribution < -0.4 is 5.73 Å². The number of rotatable bonds is 3. The van der Waals surface area contributed by atoms with E-state index in [4.69, 9.17) is 17.3 Å². The van der Waals surface area contributed by atoms with Crippen LogP contribution in [0.1, 0.15) is 17.2 Å². The van der Waals surface area contributed by atoms with Gasteiger partial charge in [-0.3, -0.25) is 0 Å². The molecule has 2 aromatic rings. The summed E-state index contributed by atoms with van der Waals surface area (Å²) in [5, 5.41) is 0.648. The third-order valence-corrected chi connectivity index (χ3v) is 4.51. The lowest BCUT2D eigenvalue weighted by atomic mass is 10.00. The van der Waals surface area contributed by atoms with E-state index in [9.17, 15) is 4.39 Å². The second kappa shape index (κ2) is 6.35. The normalized spacial score (nSPS) is 12.5. The maximum Gasteiger partial charge on any atom is 0.123 e. The number of nitrogens with two attached hydrogens (primary N) is 1. The highest BCUT2D eigenvalue weighted by Gasteiger charge is 2.13. The van der Waals surface area contributed by atoms with Crippen LogP contribution in [-0.2, 0) is 6.42 Å². The fourth-order valence-corrected chi connectivity index (χ4v) is 3.23. The number of hydrogen-bond donors (Lipinski definition) is 1. The van der Waals surface area contributed by atoms with Gasteiger partial charge in [0.25, 0.3) is 0 Å². The molecule has 0 aliphatic carbocycles. The van der Waals surface area contributed by atoms with Gasteiger partial charge in [0, 0.05) is 20.0 Å². The Bertz CT molecular complexity index is 604. The maximum atomic E-state index is 13.2. The minimum atomic E-state index is -0.263. The summed E-state index contributed by atoms with van der Waals surface area (Å²) in [7, 11) is 0. The van der Waals surface area contributed by atoms with Crippen molar-refractivity contribution in [3.05, 3.63) is 67.3 Å². The van der Waals surface area contributed by atoms with E-state index >= 15 is 0 Å². The van der Waals surface area contributed by atoms with Crippen molar-refractivity contribution in [3.63, 3.8) is 0 Å². The van der Waals surface area contributed by atoms with E-state index < -0.39 is 0 Å². The molecule has 1 nitrogen and oxygen atoms in total. The fourth-order valence-electron chi connectivity index (χ4n) is 1.85. The molecular weight excluding hydrogens is 396 g/mol. The topological polar surface area (TPSA) is 26.0 Å². The van der Waals surface area contributed by atoms with Gasteiger partial charge in [-0.25, -0.2) is 4.39 Å². The molecule has 0 aliphatic rings. The Balaban J connectivity index is 2.25. The van der Waals surface area contributed by atoms with Gasteiger partial charge < -0.3 is 5.73 Å². The standard InChI is InChI=1S/C14H11Br2ClFN/c15-12-4-2-10(18)5-8(12)6-14(19)11-3-1-9(17)7-13(11)16/h1-5,7,14H,6,19H2. The zero-order valence-electron chi connectivity index (χ0n) is 9.84. The smallest absolute Gasteiger partial charge is 0.123 e. The van der Waals surface area contributed by atoms with E-state index in [2.05, 4.69) is 31.9 Å². The highest BCUT2D eigenvalue weighted by atomic mass is 79.9. The highest BCUT2D eigenvalue weighted by molar-refractivity contribution is 9.10. The summed E-state index contributed by atoms with van der Waals surface area (Å²) < 4.78 is 15.0. The molecule has 0 amide bonds. The molecule has 0 aromatic heterocycles. The third-order valence-electron chi connectivity index (χ3n) is 2.81.